The van der Waals surface area contributed by atoms with Crippen LogP contribution in [0.15, 0.2) is 36.5 Å². The molecule has 2 aromatic rings. The quantitative estimate of drug-likeness (QED) is 0.627. The van der Waals surface area contributed by atoms with Gasteiger partial charge in [-0.15, -0.1) is 0 Å². The SMILES string of the molecule is CC(C)(C)c1c[nH]c(/C=C2/C(=O)NC(=O)c3ccccc32)c1. The molecule has 1 aliphatic rings. The van der Waals surface area contributed by atoms with Gasteiger partial charge in [0.05, 0.1) is 0 Å². The van der Waals surface area contributed by atoms with Crippen LogP contribution in [-0.4, -0.2) is 16.8 Å². The minimum atomic E-state index is -0.365. The van der Waals surface area contributed by atoms with Gasteiger partial charge in [0.2, 0.25) is 0 Å². The predicted molar refractivity (Wildman–Crippen MR) is 86.3 cm³/mol. The van der Waals surface area contributed by atoms with Crippen molar-refractivity contribution >= 4 is 23.5 Å². The number of nitrogens with one attached hydrogen (secondary N) is 2. The summed E-state index contributed by atoms with van der Waals surface area (Å²) < 4.78 is 0. The average Bonchev–Trinajstić information content (AvgIpc) is 2.92. The van der Waals surface area contributed by atoms with Gasteiger partial charge in [0.25, 0.3) is 11.8 Å². The summed E-state index contributed by atoms with van der Waals surface area (Å²) in [6.07, 6.45) is 3.74. The van der Waals surface area contributed by atoms with Gasteiger partial charge in [0.1, 0.15) is 0 Å². The first kappa shape index (κ1) is 14.3. The lowest BCUT2D eigenvalue weighted by Crippen LogP contribution is -2.36. The molecule has 3 rings (SSSR count). The molecule has 0 fully saturated rings. The molecule has 4 nitrogen and oxygen atoms in total. The van der Waals surface area contributed by atoms with E-state index >= 15 is 0 Å². The first-order chi connectivity index (χ1) is 10.4. The highest BCUT2D eigenvalue weighted by atomic mass is 16.2. The van der Waals surface area contributed by atoms with Crippen molar-refractivity contribution in [3.63, 3.8) is 0 Å². The Balaban J connectivity index is 2.07. The van der Waals surface area contributed by atoms with Crippen LogP contribution in [0.5, 0.6) is 0 Å². The largest absolute Gasteiger partial charge is 0.361 e. The lowest BCUT2D eigenvalue weighted by molar-refractivity contribution is -0.114. The number of hydrogen-bond donors (Lipinski definition) is 2. The number of benzene rings is 1. The molecule has 1 aliphatic heterocycles. The number of carbonyl (C=O) groups excluding carboxylic acids is 2. The summed E-state index contributed by atoms with van der Waals surface area (Å²) in [5.41, 5.74) is 3.74. The van der Waals surface area contributed by atoms with Gasteiger partial charge < -0.3 is 4.98 Å². The Bertz CT molecular complexity index is 791. The summed E-state index contributed by atoms with van der Waals surface area (Å²) in [6.45, 7) is 6.40. The summed E-state index contributed by atoms with van der Waals surface area (Å²) in [4.78, 5) is 27.2. The molecule has 1 aromatic heterocycles. The molecule has 2 amide bonds. The van der Waals surface area contributed by atoms with Crippen LogP contribution >= 0.6 is 0 Å². The van der Waals surface area contributed by atoms with Crippen molar-refractivity contribution in [2.45, 2.75) is 26.2 Å². The van der Waals surface area contributed by atoms with E-state index in [9.17, 15) is 9.59 Å². The Hall–Kier alpha value is -2.62. The maximum absolute atomic E-state index is 12.2. The maximum atomic E-state index is 12.2. The Morgan fingerprint density at radius 3 is 2.32 bits per heavy atom. The second kappa shape index (κ2) is 4.98. The molecule has 1 aromatic carbocycles. The van der Waals surface area contributed by atoms with Crippen molar-refractivity contribution in [2.24, 2.45) is 0 Å². The molecule has 0 atom stereocenters. The van der Waals surface area contributed by atoms with E-state index in [1.165, 1.54) is 5.56 Å². The first-order valence-corrected chi connectivity index (χ1v) is 7.22. The first-order valence-electron chi connectivity index (χ1n) is 7.22. The van der Waals surface area contributed by atoms with Crippen molar-refractivity contribution < 1.29 is 9.59 Å². The van der Waals surface area contributed by atoms with E-state index in [1.807, 2.05) is 18.3 Å². The predicted octanol–water partition coefficient (Wildman–Crippen LogP) is 3.12. The standard InChI is InChI=1S/C18H18N2O2/c1-18(2,3)11-8-12(19-10-11)9-15-13-6-4-5-7-14(13)16(21)20-17(15)22/h4-10,19H,1-3H3,(H,20,21,22)/b15-9+. The van der Waals surface area contributed by atoms with E-state index in [0.29, 0.717) is 16.7 Å². The summed E-state index contributed by atoms with van der Waals surface area (Å²) in [5.74, 6) is -0.713. The third kappa shape index (κ3) is 2.48. The van der Waals surface area contributed by atoms with Crippen molar-refractivity contribution in [1.29, 1.82) is 0 Å². The van der Waals surface area contributed by atoms with Gasteiger partial charge in [-0.25, -0.2) is 0 Å². The zero-order valence-corrected chi connectivity index (χ0v) is 12.9. The summed E-state index contributed by atoms with van der Waals surface area (Å²) in [5, 5.41) is 2.38. The fourth-order valence-corrected chi connectivity index (χ4v) is 2.50. The van der Waals surface area contributed by atoms with Crippen LogP contribution in [0.4, 0.5) is 0 Å². The summed E-state index contributed by atoms with van der Waals surface area (Å²) in [6, 6.07) is 9.16. The summed E-state index contributed by atoms with van der Waals surface area (Å²) >= 11 is 0. The molecule has 0 radical (unpaired) electrons. The van der Waals surface area contributed by atoms with E-state index in [4.69, 9.17) is 0 Å². The molecule has 0 spiro atoms. The molecule has 0 saturated heterocycles. The van der Waals surface area contributed by atoms with Gasteiger partial charge in [0.15, 0.2) is 0 Å². The number of aromatic nitrogens is 1. The Morgan fingerprint density at radius 1 is 1.00 bits per heavy atom. The topological polar surface area (TPSA) is 62.0 Å². The molecule has 4 heteroatoms. The fraction of sp³-hybridized carbons (Fsp3) is 0.222. The van der Waals surface area contributed by atoms with Crippen LogP contribution in [0, 0.1) is 0 Å². The monoisotopic (exact) mass is 294 g/mol. The van der Waals surface area contributed by atoms with E-state index in [1.54, 1.807) is 24.3 Å². The second-order valence-corrected chi connectivity index (χ2v) is 6.48. The zero-order chi connectivity index (χ0) is 15.9. The number of fused-ring (bicyclic) bond motifs is 1. The molecule has 0 saturated carbocycles. The molecule has 0 aliphatic carbocycles. The Labute approximate surface area is 129 Å². The number of imide groups is 1. The lowest BCUT2D eigenvalue weighted by Gasteiger charge is -2.17. The maximum Gasteiger partial charge on any atom is 0.258 e. The minimum Gasteiger partial charge on any atom is -0.361 e. The van der Waals surface area contributed by atoms with Crippen molar-refractivity contribution in [3.05, 3.63) is 58.9 Å². The number of hydrogen-bond acceptors (Lipinski definition) is 2. The van der Waals surface area contributed by atoms with E-state index in [2.05, 4.69) is 31.1 Å². The minimum absolute atomic E-state index is 0.0377. The van der Waals surface area contributed by atoms with Crippen LogP contribution in [-0.2, 0) is 10.2 Å². The zero-order valence-electron chi connectivity index (χ0n) is 12.9. The van der Waals surface area contributed by atoms with Crippen LogP contribution < -0.4 is 5.32 Å². The highest BCUT2D eigenvalue weighted by Crippen LogP contribution is 2.28. The molecular formula is C18H18N2O2. The fourth-order valence-electron chi connectivity index (χ4n) is 2.50. The Morgan fingerprint density at radius 2 is 1.68 bits per heavy atom. The molecular weight excluding hydrogens is 276 g/mol. The van der Waals surface area contributed by atoms with Gasteiger partial charge >= 0.3 is 0 Å². The molecule has 2 N–H and O–H groups in total. The van der Waals surface area contributed by atoms with E-state index < -0.39 is 0 Å². The van der Waals surface area contributed by atoms with Crippen molar-refractivity contribution in [3.8, 4) is 0 Å². The number of aromatic amines is 1. The van der Waals surface area contributed by atoms with Gasteiger partial charge in [-0.1, -0.05) is 39.0 Å². The van der Waals surface area contributed by atoms with Crippen LogP contribution in [0.25, 0.3) is 11.6 Å². The van der Waals surface area contributed by atoms with Crippen molar-refractivity contribution in [2.75, 3.05) is 0 Å². The number of carbonyl (C=O) groups is 2. The molecule has 0 unspecified atom stereocenters. The van der Waals surface area contributed by atoms with Crippen LogP contribution in [0.2, 0.25) is 0 Å². The van der Waals surface area contributed by atoms with Crippen LogP contribution in [0.3, 0.4) is 0 Å². The average molecular weight is 294 g/mol. The molecule has 22 heavy (non-hydrogen) atoms. The highest BCUT2D eigenvalue weighted by Gasteiger charge is 2.26. The normalized spacial score (nSPS) is 16.6. The van der Waals surface area contributed by atoms with E-state index in [0.717, 1.165) is 5.69 Å². The Kier molecular flexibility index (Phi) is 3.24. The smallest absolute Gasteiger partial charge is 0.258 e. The van der Waals surface area contributed by atoms with Gasteiger partial charge in [0, 0.05) is 28.6 Å². The summed E-state index contributed by atoms with van der Waals surface area (Å²) in [7, 11) is 0. The van der Waals surface area contributed by atoms with Gasteiger partial charge in [-0.05, 0) is 29.2 Å². The number of rotatable bonds is 1. The molecule has 112 valence electrons. The molecule has 0 bridgehead atoms. The highest BCUT2D eigenvalue weighted by molar-refractivity contribution is 6.33. The second-order valence-electron chi connectivity index (χ2n) is 6.48. The lowest BCUT2D eigenvalue weighted by atomic mass is 9.89. The third-order valence-corrected chi connectivity index (χ3v) is 3.80. The third-order valence-electron chi connectivity index (χ3n) is 3.80. The number of H-pyrrole nitrogens is 1. The van der Waals surface area contributed by atoms with Gasteiger partial charge in [-0.2, -0.15) is 0 Å². The molecule has 2 heterocycles. The van der Waals surface area contributed by atoms with Crippen LogP contribution in [0.1, 0.15) is 48.0 Å². The van der Waals surface area contributed by atoms with Gasteiger partial charge in [-0.3, -0.25) is 14.9 Å². The number of amides is 2. The van der Waals surface area contributed by atoms with Crippen molar-refractivity contribution in [1.82, 2.24) is 10.3 Å². The van der Waals surface area contributed by atoms with E-state index in [-0.39, 0.29) is 17.2 Å².